The SMILES string of the molecule is C[Si](C)(C)C(c1ccc2c(c1)CCO2)[Si](C)(C)C. The summed E-state index contributed by atoms with van der Waals surface area (Å²) in [5, 5.41) is 0.830. The lowest BCUT2D eigenvalue weighted by Gasteiger charge is -2.39. The van der Waals surface area contributed by atoms with Crippen molar-refractivity contribution in [3.05, 3.63) is 29.3 Å². The number of fused-ring (bicyclic) bond motifs is 1. The molecular formula is C15H26OSi2. The summed E-state index contributed by atoms with van der Waals surface area (Å²) in [6, 6.07) is 6.96. The van der Waals surface area contributed by atoms with E-state index < -0.39 is 16.1 Å². The molecule has 18 heavy (non-hydrogen) atoms. The topological polar surface area (TPSA) is 9.23 Å². The summed E-state index contributed by atoms with van der Waals surface area (Å²) < 4.78 is 5.63. The summed E-state index contributed by atoms with van der Waals surface area (Å²) in [6.07, 6.45) is 1.09. The Hall–Kier alpha value is -0.546. The van der Waals surface area contributed by atoms with Crippen LogP contribution < -0.4 is 4.74 Å². The van der Waals surface area contributed by atoms with Gasteiger partial charge in [-0.05, 0) is 22.4 Å². The van der Waals surface area contributed by atoms with Crippen molar-refractivity contribution >= 4 is 16.1 Å². The molecule has 1 heterocycles. The zero-order chi connectivity index (χ0) is 13.6. The van der Waals surface area contributed by atoms with Crippen LogP contribution in [0.2, 0.25) is 39.3 Å². The third-order valence-corrected chi connectivity index (χ3v) is 13.1. The van der Waals surface area contributed by atoms with Gasteiger partial charge in [0.25, 0.3) is 0 Å². The maximum absolute atomic E-state index is 5.63. The molecule has 0 bridgehead atoms. The summed E-state index contributed by atoms with van der Waals surface area (Å²) in [5.74, 6) is 1.11. The van der Waals surface area contributed by atoms with Crippen LogP contribution in [0.5, 0.6) is 5.75 Å². The van der Waals surface area contributed by atoms with Gasteiger partial charge in [0.05, 0.1) is 6.61 Å². The van der Waals surface area contributed by atoms with Crippen molar-refractivity contribution in [2.45, 2.75) is 50.9 Å². The molecule has 0 spiro atoms. The molecule has 1 aliphatic heterocycles. The summed E-state index contributed by atoms with van der Waals surface area (Å²) in [4.78, 5) is 0. The molecule has 0 amide bonds. The highest BCUT2D eigenvalue weighted by molar-refractivity contribution is 6.96. The Labute approximate surface area is 114 Å². The molecule has 1 nitrogen and oxygen atoms in total. The van der Waals surface area contributed by atoms with E-state index >= 15 is 0 Å². The van der Waals surface area contributed by atoms with Gasteiger partial charge < -0.3 is 4.74 Å². The van der Waals surface area contributed by atoms with E-state index in [-0.39, 0.29) is 0 Å². The normalized spacial score (nSPS) is 15.7. The second kappa shape index (κ2) is 4.53. The Balaban J connectivity index is 2.44. The molecule has 0 fully saturated rings. The smallest absolute Gasteiger partial charge is 0.122 e. The lowest BCUT2D eigenvalue weighted by molar-refractivity contribution is 0.357. The van der Waals surface area contributed by atoms with Crippen molar-refractivity contribution in [1.82, 2.24) is 0 Å². The highest BCUT2D eigenvalue weighted by Gasteiger charge is 2.38. The average molecular weight is 279 g/mol. The van der Waals surface area contributed by atoms with Crippen molar-refractivity contribution in [3.63, 3.8) is 0 Å². The van der Waals surface area contributed by atoms with Crippen LogP contribution in [-0.2, 0) is 6.42 Å². The molecular weight excluding hydrogens is 252 g/mol. The fourth-order valence-electron chi connectivity index (χ4n) is 3.69. The van der Waals surface area contributed by atoms with Gasteiger partial charge in [-0.3, -0.25) is 0 Å². The molecule has 2 rings (SSSR count). The number of hydrogen-bond donors (Lipinski definition) is 0. The van der Waals surface area contributed by atoms with Gasteiger partial charge in [-0.15, -0.1) is 0 Å². The second-order valence-corrected chi connectivity index (χ2v) is 18.8. The molecule has 1 aliphatic rings. The van der Waals surface area contributed by atoms with E-state index in [1.807, 2.05) is 0 Å². The van der Waals surface area contributed by atoms with Crippen LogP contribution in [0.4, 0.5) is 0 Å². The Morgan fingerprint density at radius 3 is 2.17 bits per heavy atom. The predicted molar refractivity (Wildman–Crippen MR) is 85.1 cm³/mol. The first kappa shape index (κ1) is 13.9. The van der Waals surface area contributed by atoms with E-state index in [9.17, 15) is 0 Å². The average Bonchev–Trinajstić information content (AvgIpc) is 2.59. The number of hydrogen-bond acceptors (Lipinski definition) is 1. The van der Waals surface area contributed by atoms with E-state index in [1.165, 1.54) is 5.56 Å². The molecule has 0 radical (unpaired) electrons. The first-order valence-corrected chi connectivity index (χ1v) is 14.1. The van der Waals surface area contributed by atoms with Gasteiger partial charge in [0.1, 0.15) is 5.75 Å². The summed E-state index contributed by atoms with van der Waals surface area (Å²) >= 11 is 0. The molecule has 0 aliphatic carbocycles. The molecule has 0 atom stereocenters. The maximum atomic E-state index is 5.63. The first-order valence-electron chi connectivity index (χ1n) is 6.95. The zero-order valence-corrected chi connectivity index (χ0v) is 14.6. The standard InChI is InChI=1S/C15H26OSi2/c1-17(2,3)15(18(4,5)6)13-7-8-14-12(11-13)9-10-16-14/h7-8,11,15H,9-10H2,1-6H3. The molecule has 100 valence electrons. The Kier molecular flexibility index (Phi) is 3.49. The molecule has 0 saturated heterocycles. The molecule has 3 heteroatoms. The van der Waals surface area contributed by atoms with Crippen molar-refractivity contribution in [3.8, 4) is 5.75 Å². The van der Waals surface area contributed by atoms with E-state index in [4.69, 9.17) is 4.74 Å². The van der Waals surface area contributed by atoms with Gasteiger partial charge in [-0.2, -0.15) is 0 Å². The molecule has 0 aromatic heterocycles. The number of benzene rings is 1. The minimum absolute atomic E-state index is 0.830. The van der Waals surface area contributed by atoms with Gasteiger partial charge in [0.2, 0.25) is 0 Å². The molecule has 0 unspecified atom stereocenters. The van der Waals surface area contributed by atoms with Crippen molar-refractivity contribution < 1.29 is 4.74 Å². The van der Waals surface area contributed by atoms with Crippen molar-refractivity contribution in [2.24, 2.45) is 0 Å². The highest BCUT2D eigenvalue weighted by atomic mass is 28.4. The lowest BCUT2D eigenvalue weighted by Crippen LogP contribution is -2.46. The second-order valence-electron chi connectivity index (χ2n) is 7.63. The Morgan fingerprint density at radius 1 is 1.00 bits per heavy atom. The van der Waals surface area contributed by atoms with Crippen LogP contribution in [0.25, 0.3) is 0 Å². The van der Waals surface area contributed by atoms with Crippen LogP contribution >= 0.6 is 0 Å². The summed E-state index contributed by atoms with van der Waals surface area (Å²) in [6.45, 7) is 15.9. The largest absolute Gasteiger partial charge is 0.493 e. The van der Waals surface area contributed by atoms with Gasteiger partial charge in [0.15, 0.2) is 0 Å². The van der Waals surface area contributed by atoms with Crippen LogP contribution in [0, 0.1) is 0 Å². The molecule has 0 saturated carbocycles. The summed E-state index contributed by atoms with van der Waals surface area (Å²) in [7, 11) is -2.35. The van der Waals surface area contributed by atoms with E-state index in [2.05, 4.69) is 57.5 Å². The maximum Gasteiger partial charge on any atom is 0.122 e. The van der Waals surface area contributed by atoms with Crippen LogP contribution in [-0.4, -0.2) is 22.8 Å². The van der Waals surface area contributed by atoms with Crippen molar-refractivity contribution in [2.75, 3.05) is 6.61 Å². The first-order chi connectivity index (χ1) is 8.19. The highest BCUT2D eigenvalue weighted by Crippen LogP contribution is 2.38. The van der Waals surface area contributed by atoms with E-state index in [1.54, 1.807) is 5.56 Å². The number of rotatable bonds is 3. The van der Waals surface area contributed by atoms with Gasteiger partial charge in [-0.25, -0.2) is 0 Å². The molecule has 0 N–H and O–H groups in total. The van der Waals surface area contributed by atoms with Gasteiger partial charge >= 0.3 is 0 Å². The van der Waals surface area contributed by atoms with Gasteiger partial charge in [-0.1, -0.05) is 51.4 Å². The minimum Gasteiger partial charge on any atom is -0.493 e. The van der Waals surface area contributed by atoms with Gasteiger partial charge in [0, 0.05) is 22.6 Å². The summed E-state index contributed by atoms with van der Waals surface area (Å²) in [5.41, 5.74) is 3.01. The zero-order valence-electron chi connectivity index (χ0n) is 12.6. The Bertz CT molecular complexity index is 427. The lowest BCUT2D eigenvalue weighted by atomic mass is 10.1. The fourth-order valence-corrected chi connectivity index (χ4v) is 16.4. The van der Waals surface area contributed by atoms with Crippen LogP contribution in [0.15, 0.2) is 18.2 Å². The number of ether oxygens (including phenoxy) is 1. The quantitative estimate of drug-likeness (QED) is 0.742. The predicted octanol–water partition coefficient (Wildman–Crippen LogP) is 4.46. The molecule has 1 aromatic rings. The van der Waals surface area contributed by atoms with Crippen molar-refractivity contribution in [1.29, 1.82) is 0 Å². The van der Waals surface area contributed by atoms with E-state index in [0.717, 1.165) is 23.9 Å². The monoisotopic (exact) mass is 278 g/mol. The van der Waals surface area contributed by atoms with Crippen LogP contribution in [0.1, 0.15) is 16.3 Å². The third kappa shape index (κ3) is 2.72. The fraction of sp³-hybridized carbons (Fsp3) is 0.600. The Morgan fingerprint density at radius 2 is 1.61 bits per heavy atom. The third-order valence-electron chi connectivity index (χ3n) is 3.78. The minimum atomic E-state index is -1.17. The van der Waals surface area contributed by atoms with Crippen LogP contribution in [0.3, 0.4) is 0 Å². The van der Waals surface area contributed by atoms with E-state index in [0.29, 0.717) is 0 Å². The molecule has 1 aromatic carbocycles.